The van der Waals surface area contributed by atoms with E-state index in [2.05, 4.69) is 26.1 Å². The van der Waals surface area contributed by atoms with Crippen molar-refractivity contribution in [2.24, 2.45) is 0 Å². The number of carbonyl (C=O) groups is 2. The van der Waals surface area contributed by atoms with Crippen LogP contribution in [0.4, 0.5) is 4.79 Å². The second-order valence-corrected chi connectivity index (χ2v) is 14.8. The lowest BCUT2D eigenvalue weighted by Gasteiger charge is -2.38. The Bertz CT molecular complexity index is 777. The molecule has 192 valence electrons. The van der Waals surface area contributed by atoms with Gasteiger partial charge in [-0.25, -0.2) is 4.79 Å². The van der Waals surface area contributed by atoms with Gasteiger partial charge in [0.2, 0.25) is 0 Å². The second-order valence-electron chi connectivity index (χ2n) is 10.00. The highest BCUT2D eigenvalue weighted by atomic mass is 28.4. The van der Waals surface area contributed by atoms with Gasteiger partial charge < -0.3 is 34.2 Å². The predicted molar refractivity (Wildman–Crippen MR) is 129 cm³/mol. The first-order chi connectivity index (χ1) is 15.9. The number of benzene rings is 1. The quantitative estimate of drug-likeness (QED) is 0.377. The normalized spacial score (nSPS) is 17.7. The van der Waals surface area contributed by atoms with E-state index < -0.39 is 44.7 Å². The number of alkyl carbamates (subject to hydrolysis) is 1. The maximum absolute atomic E-state index is 12.5. The van der Waals surface area contributed by atoms with Gasteiger partial charge in [0.25, 0.3) is 0 Å². The van der Waals surface area contributed by atoms with E-state index in [1.165, 1.54) is 0 Å². The smallest absolute Gasteiger partial charge is 0.407 e. The molecular formula is C24H39NO8Si. The third kappa shape index (κ3) is 8.75. The summed E-state index contributed by atoms with van der Waals surface area (Å²) in [6.45, 7) is 11.2. The molecular weight excluding hydrogens is 458 g/mol. The van der Waals surface area contributed by atoms with Gasteiger partial charge in [-0.05, 0) is 23.7 Å². The van der Waals surface area contributed by atoms with E-state index in [1.807, 2.05) is 43.4 Å². The van der Waals surface area contributed by atoms with Crippen LogP contribution in [0.3, 0.4) is 0 Å². The largest absolute Gasteiger partial charge is 0.445 e. The lowest BCUT2D eigenvalue weighted by atomic mass is 10.00. The highest BCUT2D eigenvalue weighted by Crippen LogP contribution is 2.36. The molecule has 0 spiro atoms. The molecule has 3 atom stereocenters. The van der Waals surface area contributed by atoms with Gasteiger partial charge in [-0.3, -0.25) is 4.79 Å². The molecule has 1 aliphatic heterocycles. The van der Waals surface area contributed by atoms with Crippen LogP contribution in [0.25, 0.3) is 0 Å². The Morgan fingerprint density at radius 3 is 2.35 bits per heavy atom. The van der Waals surface area contributed by atoms with Crippen molar-refractivity contribution in [3.05, 3.63) is 35.9 Å². The second kappa shape index (κ2) is 12.8. The molecule has 1 saturated heterocycles. The summed E-state index contributed by atoms with van der Waals surface area (Å²) in [6.07, 6.45) is -4.30. The number of amides is 1. The number of rotatable bonds is 12. The van der Waals surface area contributed by atoms with Crippen LogP contribution in [0.1, 0.15) is 39.2 Å². The molecule has 0 bridgehead atoms. The molecule has 9 nitrogen and oxygen atoms in total. The van der Waals surface area contributed by atoms with Gasteiger partial charge in [0.1, 0.15) is 18.8 Å². The summed E-state index contributed by atoms with van der Waals surface area (Å²) in [5.74, 6) is -0.566. The number of ether oxygens (including phenoxy) is 3. The Morgan fingerprint density at radius 2 is 1.76 bits per heavy atom. The van der Waals surface area contributed by atoms with Gasteiger partial charge >= 0.3 is 6.09 Å². The fraction of sp³-hybridized carbons (Fsp3) is 0.667. The van der Waals surface area contributed by atoms with Crippen LogP contribution in [0.5, 0.6) is 0 Å². The number of Topliss-reactive ketones (excluding diaryl/α,β-unsaturated/α-hetero) is 1. The number of hydrogen-bond acceptors (Lipinski definition) is 8. The zero-order valence-electron chi connectivity index (χ0n) is 20.8. The topological polar surface area (TPSA) is 124 Å². The molecule has 1 amide bonds. The molecule has 0 saturated carbocycles. The SMILES string of the molecule is CC(C)(C)[Si](C)(C)OC[C@@H](NC(=O)OCc1ccccc1)[C@@H](O)[C@H](O)C(=O)CCC1OCCO1. The maximum atomic E-state index is 12.5. The zero-order valence-corrected chi connectivity index (χ0v) is 21.8. The summed E-state index contributed by atoms with van der Waals surface area (Å²) in [6, 6.07) is 8.12. The Hall–Kier alpha value is -1.82. The van der Waals surface area contributed by atoms with E-state index in [-0.39, 0.29) is 31.1 Å². The lowest BCUT2D eigenvalue weighted by Crippen LogP contribution is -2.55. The summed E-state index contributed by atoms with van der Waals surface area (Å²) < 4.78 is 22.0. The van der Waals surface area contributed by atoms with Gasteiger partial charge in [-0.15, -0.1) is 0 Å². The van der Waals surface area contributed by atoms with Crippen molar-refractivity contribution in [2.45, 2.75) is 82.9 Å². The third-order valence-corrected chi connectivity index (χ3v) is 10.8. The Balaban J connectivity index is 2.01. The molecule has 0 unspecified atom stereocenters. The van der Waals surface area contributed by atoms with E-state index in [4.69, 9.17) is 18.6 Å². The van der Waals surface area contributed by atoms with Crippen LogP contribution < -0.4 is 5.32 Å². The van der Waals surface area contributed by atoms with Crippen molar-refractivity contribution in [3.63, 3.8) is 0 Å². The van der Waals surface area contributed by atoms with Gasteiger partial charge in [-0.1, -0.05) is 51.1 Å². The number of hydrogen-bond donors (Lipinski definition) is 3. The van der Waals surface area contributed by atoms with Crippen molar-refractivity contribution in [1.29, 1.82) is 0 Å². The lowest BCUT2D eigenvalue weighted by molar-refractivity contribution is -0.136. The molecule has 2 rings (SSSR count). The van der Waals surface area contributed by atoms with Crippen molar-refractivity contribution < 1.29 is 38.4 Å². The number of aliphatic hydroxyl groups is 2. The monoisotopic (exact) mass is 497 g/mol. The average Bonchev–Trinajstić information content (AvgIpc) is 3.31. The Labute approximate surface area is 202 Å². The molecule has 3 N–H and O–H groups in total. The standard InChI is InChI=1S/C24H39NO8Si/c1-24(2,3)34(4,5)33-16-18(25-23(29)32-15-17-9-7-6-8-10-17)21(27)22(28)19(26)11-12-20-30-13-14-31-20/h6-10,18,20-22,27-28H,11-16H2,1-5H3,(H,25,29)/t18-,21-,22-/m1/s1. The highest BCUT2D eigenvalue weighted by molar-refractivity contribution is 6.74. The van der Waals surface area contributed by atoms with E-state index in [0.717, 1.165) is 5.56 Å². The minimum absolute atomic E-state index is 0.0306. The molecule has 10 heteroatoms. The summed E-state index contributed by atoms with van der Waals surface area (Å²) in [5.41, 5.74) is 0.804. The van der Waals surface area contributed by atoms with Crippen molar-refractivity contribution in [3.8, 4) is 0 Å². The number of ketones is 1. The number of nitrogens with one attached hydrogen (secondary N) is 1. The van der Waals surface area contributed by atoms with Gasteiger partial charge in [0.15, 0.2) is 20.4 Å². The number of carbonyl (C=O) groups excluding carboxylic acids is 2. The highest BCUT2D eigenvalue weighted by Gasteiger charge is 2.40. The zero-order chi connectivity index (χ0) is 25.4. The van der Waals surface area contributed by atoms with Gasteiger partial charge in [0.05, 0.1) is 25.9 Å². The summed E-state index contributed by atoms with van der Waals surface area (Å²) in [5, 5.41) is 23.8. The van der Waals surface area contributed by atoms with E-state index in [0.29, 0.717) is 13.2 Å². The fourth-order valence-electron chi connectivity index (χ4n) is 3.05. The van der Waals surface area contributed by atoms with E-state index >= 15 is 0 Å². The maximum Gasteiger partial charge on any atom is 0.407 e. The molecule has 1 aromatic rings. The minimum atomic E-state index is -2.23. The molecule has 0 radical (unpaired) electrons. The third-order valence-electron chi connectivity index (χ3n) is 6.33. The van der Waals surface area contributed by atoms with Gasteiger partial charge in [-0.2, -0.15) is 0 Å². The van der Waals surface area contributed by atoms with Crippen LogP contribution in [-0.4, -0.2) is 74.8 Å². The predicted octanol–water partition coefficient (Wildman–Crippen LogP) is 2.75. The Kier molecular flexibility index (Phi) is 10.7. The van der Waals surface area contributed by atoms with E-state index in [1.54, 1.807) is 0 Å². The molecule has 1 heterocycles. The molecule has 0 aromatic heterocycles. The molecule has 34 heavy (non-hydrogen) atoms. The number of aliphatic hydroxyl groups excluding tert-OH is 2. The van der Waals surface area contributed by atoms with Crippen LogP contribution in [0, 0.1) is 0 Å². The van der Waals surface area contributed by atoms with Crippen molar-refractivity contribution in [1.82, 2.24) is 5.32 Å². The summed E-state index contributed by atoms with van der Waals surface area (Å²) in [4.78, 5) is 25.0. The first-order valence-electron chi connectivity index (χ1n) is 11.6. The molecule has 1 aromatic carbocycles. The van der Waals surface area contributed by atoms with Gasteiger partial charge in [0, 0.05) is 12.8 Å². The Morgan fingerprint density at radius 1 is 1.15 bits per heavy atom. The first kappa shape index (κ1) is 28.4. The summed E-state index contributed by atoms with van der Waals surface area (Å²) in [7, 11) is -2.23. The van der Waals surface area contributed by atoms with Crippen LogP contribution >= 0.6 is 0 Å². The molecule has 1 fully saturated rings. The van der Waals surface area contributed by atoms with Crippen LogP contribution in [0.2, 0.25) is 18.1 Å². The van der Waals surface area contributed by atoms with Crippen LogP contribution in [0.15, 0.2) is 30.3 Å². The molecule has 1 aliphatic rings. The fourth-order valence-corrected chi connectivity index (χ4v) is 4.08. The van der Waals surface area contributed by atoms with E-state index in [9.17, 15) is 19.8 Å². The van der Waals surface area contributed by atoms with Crippen molar-refractivity contribution >= 4 is 20.2 Å². The average molecular weight is 498 g/mol. The minimum Gasteiger partial charge on any atom is -0.445 e. The van der Waals surface area contributed by atoms with Crippen molar-refractivity contribution in [2.75, 3.05) is 19.8 Å². The van der Waals surface area contributed by atoms with Crippen LogP contribution in [-0.2, 0) is 30.0 Å². The summed E-state index contributed by atoms with van der Waals surface area (Å²) >= 11 is 0. The first-order valence-corrected chi connectivity index (χ1v) is 14.5. The molecule has 0 aliphatic carbocycles.